The number of amides is 1. The Labute approximate surface area is 171 Å². The van der Waals surface area contributed by atoms with Gasteiger partial charge in [0.1, 0.15) is 18.7 Å². The number of anilines is 1. The molecule has 1 aliphatic heterocycles. The number of carbonyl (C=O) groups excluding carboxylic acids is 1. The number of carbonyl (C=O) groups is 1. The molecule has 1 amide bonds. The lowest BCUT2D eigenvalue weighted by atomic mass is 10.0. The van der Waals surface area contributed by atoms with E-state index in [0.29, 0.717) is 4.88 Å². The summed E-state index contributed by atoms with van der Waals surface area (Å²) >= 11 is 1.01. The Morgan fingerprint density at radius 3 is 2.53 bits per heavy atom. The van der Waals surface area contributed by atoms with Crippen LogP contribution in [0.1, 0.15) is 20.8 Å². The summed E-state index contributed by atoms with van der Waals surface area (Å²) in [5.74, 6) is -0.636. The first-order chi connectivity index (χ1) is 14.3. The number of methoxy groups -OCH3 is 2. The lowest BCUT2D eigenvalue weighted by Gasteiger charge is -2.20. The highest BCUT2D eigenvalue weighted by atomic mass is 32.1. The monoisotopic (exact) mass is 438 g/mol. The quantitative estimate of drug-likeness (QED) is 0.662. The molecule has 0 saturated carbocycles. The van der Waals surface area contributed by atoms with Gasteiger partial charge in [-0.3, -0.25) is 10.1 Å². The zero-order valence-corrected chi connectivity index (χ0v) is 16.3. The van der Waals surface area contributed by atoms with Crippen LogP contribution in [0.25, 0.3) is 11.3 Å². The second-order valence-electron chi connectivity index (χ2n) is 5.98. The second-order valence-corrected chi connectivity index (χ2v) is 7.06. The van der Waals surface area contributed by atoms with Crippen LogP contribution in [-0.4, -0.2) is 35.1 Å². The number of ether oxygens (including phenoxy) is 3. The van der Waals surface area contributed by atoms with Crippen LogP contribution < -0.4 is 19.5 Å². The third-order valence-corrected chi connectivity index (χ3v) is 5.18. The van der Waals surface area contributed by atoms with Crippen molar-refractivity contribution in [1.82, 2.24) is 15.0 Å². The summed E-state index contributed by atoms with van der Waals surface area (Å²) in [5, 5.41) is 2.63. The van der Waals surface area contributed by atoms with Crippen LogP contribution in [0.5, 0.6) is 17.5 Å². The SMILES string of the molecule is COc1ncnc(OC)c1C(=O)Nc1nc2c(s1)COc1cccc(C(F)(F)F)c1-2. The maximum atomic E-state index is 13.5. The van der Waals surface area contributed by atoms with Crippen LogP contribution in [-0.2, 0) is 12.8 Å². The summed E-state index contributed by atoms with van der Waals surface area (Å²) in [6.45, 7) is 0.0400. The molecule has 3 heterocycles. The summed E-state index contributed by atoms with van der Waals surface area (Å²) in [6, 6.07) is 3.68. The average Bonchev–Trinajstić information content (AvgIpc) is 3.14. The van der Waals surface area contributed by atoms with Crippen molar-refractivity contribution in [3.8, 4) is 28.8 Å². The maximum absolute atomic E-state index is 13.5. The van der Waals surface area contributed by atoms with E-state index in [-0.39, 0.29) is 46.1 Å². The zero-order valence-electron chi connectivity index (χ0n) is 15.5. The fraction of sp³-hybridized carbons (Fsp3) is 0.222. The van der Waals surface area contributed by atoms with Crippen molar-refractivity contribution in [3.63, 3.8) is 0 Å². The third-order valence-electron chi connectivity index (χ3n) is 4.24. The van der Waals surface area contributed by atoms with E-state index < -0.39 is 17.6 Å². The number of benzene rings is 1. The summed E-state index contributed by atoms with van der Waals surface area (Å²) < 4.78 is 56.1. The van der Waals surface area contributed by atoms with Gasteiger partial charge in [-0.2, -0.15) is 13.2 Å². The maximum Gasteiger partial charge on any atom is 0.417 e. The number of aromatic nitrogens is 3. The molecule has 4 rings (SSSR count). The number of thiazole rings is 1. The fourth-order valence-corrected chi connectivity index (χ4v) is 3.87. The highest BCUT2D eigenvalue weighted by Crippen LogP contribution is 2.47. The van der Waals surface area contributed by atoms with Crippen molar-refractivity contribution < 1.29 is 32.2 Å². The molecule has 0 saturated heterocycles. The Morgan fingerprint density at radius 2 is 1.90 bits per heavy atom. The topological polar surface area (TPSA) is 95.5 Å². The van der Waals surface area contributed by atoms with Gasteiger partial charge in [-0.15, -0.1) is 0 Å². The lowest BCUT2D eigenvalue weighted by Crippen LogP contribution is -2.16. The predicted octanol–water partition coefficient (Wildman–Crippen LogP) is 3.78. The summed E-state index contributed by atoms with van der Waals surface area (Å²) in [4.78, 5) is 25.2. The number of nitrogens with one attached hydrogen (secondary N) is 1. The summed E-state index contributed by atoms with van der Waals surface area (Å²) in [7, 11) is 2.65. The molecule has 12 heteroatoms. The minimum atomic E-state index is -4.58. The number of halogens is 3. The fourth-order valence-electron chi connectivity index (χ4n) is 2.99. The molecular weight excluding hydrogens is 425 g/mol. The Hall–Kier alpha value is -3.41. The molecule has 8 nitrogen and oxygen atoms in total. The Balaban J connectivity index is 1.72. The van der Waals surface area contributed by atoms with Gasteiger partial charge in [-0.25, -0.2) is 15.0 Å². The van der Waals surface area contributed by atoms with Gasteiger partial charge in [-0.1, -0.05) is 17.4 Å². The molecule has 0 fully saturated rings. The van der Waals surface area contributed by atoms with Crippen molar-refractivity contribution in [1.29, 1.82) is 0 Å². The molecule has 156 valence electrons. The highest BCUT2D eigenvalue weighted by molar-refractivity contribution is 7.16. The first-order valence-electron chi connectivity index (χ1n) is 8.41. The molecule has 1 aliphatic rings. The molecule has 0 unspecified atom stereocenters. The van der Waals surface area contributed by atoms with E-state index in [1.807, 2.05) is 0 Å². The molecule has 0 aliphatic carbocycles. The van der Waals surface area contributed by atoms with Gasteiger partial charge >= 0.3 is 6.18 Å². The number of alkyl halides is 3. The van der Waals surface area contributed by atoms with Gasteiger partial charge < -0.3 is 14.2 Å². The van der Waals surface area contributed by atoms with Gasteiger partial charge in [0, 0.05) is 0 Å². The van der Waals surface area contributed by atoms with Crippen LogP contribution >= 0.6 is 11.3 Å². The minimum absolute atomic E-state index is 0.0197. The number of hydrogen-bond donors (Lipinski definition) is 1. The van der Waals surface area contributed by atoms with Gasteiger partial charge in [0.15, 0.2) is 10.7 Å². The molecule has 0 spiro atoms. The largest absolute Gasteiger partial charge is 0.487 e. The standard InChI is InChI=1S/C18H13F3N4O4S/c1-27-15-12(16(28-2)23-7-22-15)14(26)25-17-24-13-10(30-17)6-29-9-5-3-4-8(11(9)13)18(19,20)21/h3-5,7H,6H2,1-2H3,(H,24,25,26). The van der Waals surface area contributed by atoms with E-state index in [2.05, 4.69) is 20.3 Å². The van der Waals surface area contributed by atoms with Crippen molar-refractivity contribution >= 4 is 22.4 Å². The van der Waals surface area contributed by atoms with Gasteiger partial charge in [0.05, 0.1) is 35.9 Å². The first-order valence-corrected chi connectivity index (χ1v) is 9.22. The highest BCUT2D eigenvalue weighted by Gasteiger charge is 2.38. The van der Waals surface area contributed by atoms with E-state index in [1.165, 1.54) is 32.7 Å². The second kappa shape index (κ2) is 7.44. The van der Waals surface area contributed by atoms with E-state index >= 15 is 0 Å². The van der Waals surface area contributed by atoms with E-state index in [9.17, 15) is 18.0 Å². The zero-order chi connectivity index (χ0) is 21.5. The van der Waals surface area contributed by atoms with Gasteiger partial charge in [-0.05, 0) is 12.1 Å². The van der Waals surface area contributed by atoms with E-state index in [4.69, 9.17) is 14.2 Å². The molecule has 30 heavy (non-hydrogen) atoms. The summed E-state index contributed by atoms with van der Waals surface area (Å²) in [5.41, 5.74) is -0.957. The molecule has 0 atom stereocenters. The predicted molar refractivity (Wildman–Crippen MR) is 100.0 cm³/mol. The number of nitrogens with zero attached hydrogens (tertiary/aromatic N) is 3. The van der Waals surface area contributed by atoms with E-state index in [0.717, 1.165) is 17.4 Å². The van der Waals surface area contributed by atoms with Crippen LogP contribution in [0.3, 0.4) is 0 Å². The van der Waals surface area contributed by atoms with Crippen LogP contribution in [0.15, 0.2) is 24.5 Å². The van der Waals surface area contributed by atoms with Crippen molar-refractivity contribution in [3.05, 3.63) is 40.5 Å². The van der Waals surface area contributed by atoms with Gasteiger partial charge in [0.25, 0.3) is 5.91 Å². The average molecular weight is 438 g/mol. The normalized spacial score (nSPS) is 12.4. The van der Waals surface area contributed by atoms with Crippen LogP contribution in [0.4, 0.5) is 18.3 Å². The molecule has 1 N–H and O–H groups in total. The lowest BCUT2D eigenvalue weighted by molar-refractivity contribution is -0.137. The molecule has 1 aromatic carbocycles. The smallest absolute Gasteiger partial charge is 0.417 e. The van der Waals surface area contributed by atoms with Crippen molar-refractivity contribution in [2.75, 3.05) is 19.5 Å². The van der Waals surface area contributed by atoms with E-state index in [1.54, 1.807) is 0 Å². The Morgan fingerprint density at radius 1 is 1.20 bits per heavy atom. The summed E-state index contributed by atoms with van der Waals surface area (Å²) in [6.07, 6.45) is -3.41. The third kappa shape index (κ3) is 3.38. The first kappa shape index (κ1) is 19.9. The van der Waals surface area contributed by atoms with Gasteiger partial charge in [0.2, 0.25) is 11.8 Å². The number of hydrogen-bond acceptors (Lipinski definition) is 8. The molecule has 0 bridgehead atoms. The minimum Gasteiger partial charge on any atom is -0.487 e. The number of rotatable bonds is 4. The number of fused-ring (bicyclic) bond motifs is 3. The van der Waals surface area contributed by atoms with Crippen LogP contribution in [0, 0.1) is 0 Å². The van der Waals surface area contributed by atoms with Crippen LogP contribution in [0.2, 0.25) is 0 Å². The van der Waals surface area contributed by atoms with Crippen molar-refractivity contribution in [2.24, 2.45) is 0 Å². The Kier molecular flexibility index (Phi) is 4.94. The Bertz CT molecular complexity index is 1110. The van der Waals surface area contributed by atoms with Crippen molar-refractivity contribution in [2.45, 2.75) is 12.8 Å². The molecule has 0 radical (unpaired) electrons. The molecular formula is C18H13F3N4O4S. The molecule has 2 aromatic heterocycles. The molecule has 3 aromatic rings.